The summed E-state index contributed by atoms with van der Waals surface area (Å²) in [5, 5.41) is 26.8. The van der Waals surface area contributed by atoms with Gasteiger partial charge in [0.1, 0.15) is 41.9 Å². The minimum absolute atomic E-state index is 0. The van der Waals surface area contributed by atoms with Gasteiger partial charge in [0, 0.05) is 25.7 Å². The van der Waals surface area contributed by atoms with Crippen molar-refractivity contribution in [3.05, 3.63) is 41.6 Å². The number of aromatic nitrogens is 3. The van der Waals surface area contributed by atoms with Crippen LogP contribution in [0.1, 0.15) is 23.6 Å². The van der Waals surface area contributed by atoms with Crippen molar-refractivity contribution < 1.29 is 27.8 Å². The number of nitrogen functional groups attached to an aromatic ring is 1. The van der Waals surface area contributed by atoms with Crippen LogP contribution in [0.2, 0.25) is 0 Å². The van der Waals surface area contributed by atoms with Gasteiger partial charge in [-0.05, 0) is 18.6 Å². The topological polar surface area (TPSA) is 182 Å². The molecule has 0 radical (unpaired) electrons. The first kappa shape index (κ1) is 27.8. The lowest BCUT2D eigenvalue weighted by Crippen LogP contribution is -2.38. The Morgan fingerprint density at radius 2 is 2.03 bits per heavy atom. The van der Waals surface area contributed by atoms with Gasteiger partial charge in [-0.1, -0.05) is 11.8 Å². The monoisotopic (exact) mass is 567 g/mol. The third-order valence-corrected chi connectivity index (χ3v) is 7.38. The normalized spacial score (nSPS) is 22.8. The number of halogens is 2. The number of nitrogens with zero attached hydrogens (tertiary/aromatic N) is 4. The Hall–Kier alpha value is -3.19. The molecule has 1 saturated carbocycles. The third-order valence-electron chi connectivity index (χ3n) is 6.81. The molecule has 38 heavy (non-hydrogen) atoms. The number of aliphatic hydroxyl groups is 2. The van der Waals surface area contributed by atoms with Gasteiger partial charge < -0.3 is 30.2 Å². The summed E-state index contributed by atoms with van der Waals surface area (Å²) in [6.07, 6.45) is 0.637. The number of rotatable bonds is 4. The minimum Gasteiger partial charge on any atom is -0.488 e. The summed E-state index contributed by atoms with van der Waals surface area (Å²) in [4.78, 5) is 10.3. The van der Waals surface area contributed by atoms with Crippen molar-refractivity contribution in [1.82, 2.24) is 19.3 Å². The lowest BCUT2D eigenvalue weighted by Gasteiger charge is -2.28. The van der Waals surface area contributed by atoms with Crippen LogP contribution < -0.4 is 25.2 Å². The Balaban J connectivity index is 0.00000336. The number of aliphatic hydroxyl groups excluding tert-OH is 2. The summed E-state index contributed by atoms with van der Waals surface area (Å²) >= 11 is 0. The number of hydrogen-bond acceptors (Lipinski definition) is 9. The lowest BCUT2D eigenvalue weighted by atomic mass is 10.1. The average molecular weight is 568 g/mol. The smallest absolute Gasteiger partial charge is 0.274 e. The van der Waals surface area contributed by atoms with Crippen LogP contribution in [0, 0.1) is 23.6 Å². The number of nitrogens with one attached hydrogen (secondary N) is 1. The zero-order valence-corrected chi connectivity index (χ0v) is 21.8. The zero-order chi connectivity index (χ0) is 26.5. The van der Waals surface area contributed by atoms with E-state index in [-0.39, 0.29) is 36.8 Å². The summed E-state index contributed by atoms with van der Waals surface area (Å²) in [6.45, 7) is 0.907. The molecule has 3 heterocycles. The number of hydrogen-bond donors (Lipinski definition) is 5. The maximum absolute atomic E-state index is 14.8. The van der Waals surface area contributed by atoms with Crippen LogP contribution in [0.3, 0.4) is 0 Å². The van der Waals surface area contributed by atoms with Gasteiger partial charge in [0.05, 0.1) is 35.3 Å². The van der Waals surface area contributed by atoms with Crippen molar-refractivity contribution in [2.24, 2.45) is 11.1 Å². The predicted octanol–water partition coefficient (Wildman–Crippen LogP) is -0.121. The first-order chi connectivity index (χ1) is 17.5. The molecule has 1 aliphatic carbocycles. The number of anilines is 2. The van der Waals surface area contributed by atoms with E-state index in [0.717, 1.165) is 5.69 Å². The first-order valence-corrected chi connectivity index (χ1v) is 13.0. The van der Waals surface area contributed by atoms with Gasteiger partial charge >= 0.3 is 0 Å². The van der Waals surface area contributed by atoms with E-state index in [0.29, 0.717) is 35.5 Å². The molecule has 5 rings (SSSR count). The molecule has 7 N–H and O–H groups in total. The largest absolute Gasteiger partial charge is 0.488 e. The molecule has 15 heteroatoms. The van der Waals surface area contributed by atoms with E-state index in [1.54, 1.807) is 16.8 Å². The minimum atomic E-state index is -3.97. The fourth-order valence-corrected chi connectivity index (χ4v) is 5.35. The Morgan fingerprint density at radius 3 is 2.76 bits per heavy atom. The van der Waals surface area contributed by atoms with Gasteiger partial charge in [-0.15, -0.1) is 12.4 Å². The highest BCUT2D eigenvalue weighted by molar-refractivity contribution is 7.87. The predicted molar refractivity (Wildman–Crippen MR) is 141 cm³/mol. The second-order valence-corrected chi connectivity index (χ2v) is 10.5. The van der Waals surface area contributed by atoms with Gasteiger partial charge in [-0.3, -0.25) is 0 Å². The van der Waals surface area contributed by atoms with Crippen LogP contribution in [0.25, 0.3) is 11.0 Å². The standard InChI is InChI=1S/C23H26FN7O5S.ClH/c1-30-6-7-36-21-14(15(24)4-5-16(21)30)3-2-12-10-31(23-18(12)22(25)27-11-28-23)17-8-13(19(32)20(17)33)9-29-37(26,34)35;/h4-5,10-11,13,17,19-20,29,32-33H,6-9H2,1H3,(H2,25,27,28)(H2,26,34,35);1H/t13-,17-,19-,20+;/m1./s1. The molecule has 0 spiro atoms. The van der Waals surface area contributed by atoms with E-state index in [2.05, 4.69) is 26.5 Å². The summed E-state index contributed by atoms with van der Waals surface area (Å²) in [6, 6.07) is 2.30. The lowest BCUT2D eigenvalue weighted by molar-refractivity contribution is 0.00769. The SMILES string of the molecule is CN1CCOc2c1ccc(F)c2C#Cc1cn([C@@H]2C[C@H](CNS(N)(=O)=O)[C@@H](O)[C@H]2O)c2ncnc(N)c12.Cl. The molecule has 0 unspecified atom stereocenters. The molecular weight excluding hydrogens is 541 g/mol. The Morgan fingerprint density at radius 1 is 1.26 bits per heavy atom. The van der Waals surface area contributed by atoms with E-state index in [1.165, 1.54) is 12.4 Å². The van der Waals surface area contributed by atoms with E-state index < -0.39 is 40.2 Å². The van der Waals surface area contributed by atoms with E-state index >= 15 is 0 Å². The Bertz CT molecular complexity index is 1540. The molecule has 204 valence electrons. The maximum Gasteiger partial charge on any atom is 0.274 e. The van der Waals surface area contributed by atoms with E-state index in [9.17, 15) is 23.0 Å². The molecule has 2 aliphatic rings. The van der Waals surface area contributed by atoms with Crippen LogP contribution >= 0.6 is 12.4 Å². The van der Waals surface area contributed by atoms with E-state index in [1.807, 2.05) is 11.9 Å². The van der Waals surface area contributed by atoms with Crippen molar-refractivity contribution in [1.29, 1.82) is 0 Å². The molecule has 0 amide bonds. The van der Waals surface area contributed by atoms with E-state index in [4.69, 9.17) is 15.6 Å². The van der Waals surface area contributed by atoms with Crippen LogP contribution in [0.15, 0.2) is 24.7 Å². The first-order valence-electron chi connectivity index (χ1n) is 11.5. The summed E-state index contributed by atoms with van der Waals surface area (Å²) in [7, 11) is -2.08. The molecule has 2 aromatic heterocycles. The molecule has 1 fully saturated rings. The Kier molecular flexibility index (Phi) is 7.71. The highest BCUT2D eigenvalue weighted by Gasteiger charge is 2.43. The molecule has 12 nitrogen and oxygen atoms in total. The van der Waals surface area contributed by atoms with Crippen LogP contribution in [-0.4, -0.2) is 72.1 Å². The fourth-order valence-electron chi connectivity index (χ4n) is 4.90. The quantitative estimate of drug-likeness (QED) is 0.268. The van der Waals surface area contributed by atoms with Gasteiger partial charge in [-0.25, -0.2) is 24.2 Å². The number of fused-ring (bicyclic) bond motifs is 2. The van der Waals surface area contributed by atoms with Gasteiger partial charge in [0.25, 0.3) is 10.2 Å². The van der Waals surface area contributed by atoms with Gasteiger partial charge in [-0.2, -0.15) is 8.42 Å². The highest BCUT2D eigenvalue weighted by atomic mass is 35.5. The Labute approximate surface area is 224 Å². The van der Waals surface area contributed by atoms with Crippen LogP contribution in [-0.2, 0) is 10.2 Å². The summed E-state index contributed by atoms with van der Waals surface area (Å²) < 4.78 is 46.9. The molecule has 0 saturated heterocycles. The third kappa shape index (κ3) is 5.08. The second-order valence-electron chi connectivity index (χ2n) is 9.14. The summed E-state index contributed by atoms with van der Waals surface area (Å²) in [5.74, 6) is 5.17. The molecule has 3 aromatic rings. The van der Waals surface area contributed by atoms with Crippen molar-refractivity contribution in [2.45, 2.75) is 24.7 Å². The molecule has 1 aromatic carbocycles. The number of likely N-dealkylation sites (N-methyl/N-ethyl adjacent to an activating group) is 1. The van der Waals surface area contributed by atoms with Crippen molar-refractivity contribution in [2.75, 3.05) is 37.4 Å². The fraction of sp³-hybridized carbons (Fsp3) is 0.391. The highest BCUT2D eigenvalue weighted by Crippen LogP contribution is 2.39. The summed E-state index contributed by atoms with van der Waals surface area (Å²) in [5.41, 5.74) is 7.72. The number of nitrogens with two attached hydrogens (primary N) is 2. The average Bonchev–Trinajstić information content (AvgIpc) is 3.35. The second kappa shape index (κ2) is 10.5. The zero-order valence-electron chi connectivity index (χ0n) is 20.2. The molecule has 0 bridgehead atoms. The molecular formula is C23H27ClFN7O5S. The van der Waals surface area contributed by atoms with Crippen LogP contribution in [0.5, 0.6) is 5.75 Å². The van der Waals surface area contributed by atoms with Gasteiger partial charge in [0.2, 0.25) is 0 Å². The van der Waals surface area contributed by atoms with Crippen LogP contribution in [0.4, 0.5) is 15.9 Å². The van der Waals surface area contributed by atoms with Crippen molar-refractivity contribution in [3.63, 3.8) is 0 Å². The number of ether oxygens (including phenoxy) is 1. The van der Waals surface area contributed by atoms with Gasteiger partial charge in [0.15, 0.2) is 5.75 Å². The maximum atomic E-state index is 14.8. The van der Waals surface area contributed by atoms with Crippen molar-refractivity contribution in [3.8, 4) is 17.6 Å². The molecule has 4 atom stereocenters. The number of benzene rings is 1. The molecule has 1 aliphatic heterocycles. The van der Waals surface area contributed by atoms with Crippen molar-refractivity contribution >= 4 is 45.2 Å².